The highest BCUT2D eigenvalue weighted by molar-refractivity contribution is 7.89. The van der Waals surface area contributed by atoms with Crippen molar-refractivity contribution in [1.82, 2.24) is 9.71 Å². The number of benzene rings is 1. The summed E-state index contributed by atoms with van der Waals surface area (Å²) in [6.45, 7) is 3.51. The second-order valence-corrected chi connectivity index (χ2v) is 6.86. The van der Waals surface area contributed by atoms with E-state index < -0.39 is 10.0 Å². The molecule has 0 aliphatic heterocycles. The maximum Gasteiger partial charge on any atom is 0.240 e. The summed E-state index contributed by atoms with van der Waals surface area (Å²) in [5, 5.41) is 1.84. The highest BCUT2D eigenvalue weighted by atomic mass is 35.5. The smallest absolute Gasteiger partial charge is 0.240 e. The minimum atomic E-state index is -3.56. The van der Waals surface area contributed by atoms with E-state index in [2.05, 4.69) is 9.71 Å². The van der Waals surface area contributed by atoms with Crippen molar-refractivity contribution in [2.75, 3.05) is 0 Å². The molecule has 4 nitrogen and oxygen atoms in total. The van der Waals surface area contributed by atoms with Gasteiger partial charge in [-0.15, -0.1) is 0 Å². The molecule has 2 rings (SSSR count). The van der Waals surface area contributed by atoms with Gasteiger partial charge in [-0.1, -0.05) is 29.3 Å². The number of hydrogen-bond acceptors (Lipinski definition) is 3. The Bertz CT molecular complexity index is 730. The minimum absolute atomic E-state index is 0.139. The zero-order valence-corrected chi connectivity index (χ0v) is 12.6. The van der Waals surface area contributed by atoms with Crippen LogP contribution in [0.3, 0.4) is 0 Å². The van der Waals surface area contributed by atoms with Crippen LogP contribution >= 0.6 is 23.2 Å². The van der Waals surface area contributed by atoms with Crippen LogP contribution < -0.4 is 4.72 Å². The first kappa shape index (κ1) is 14.5. The largest absolute Gasteiger partial charge is 0.242 e. The summed E-state index contributed by atoms with van der Waals surface area (Å²) in [7, 11) is -3.56. The Morgan fingerprint density at radius 2 is 1.89 bits per heavy atom. The average Bonchev–Trinajstić information content (AvgIpc) is 2.32. The second kappa shape index (κ2) is 5.25. The van der Waals surface area contributed by atoms with Crippen molar-refractivity contribution in [3.63, 3.8) is 0 Å². The molecule has 7 heteroatoms. The van der Waals surface area contributed by atoms with Crippen molar-refractivity contribution in [2.24, 2.45) is 0 Å². The van der Waals surface area contributed by atoms with Crippen molar-refractivity contribution in [1.29, 1.82) is 0 Å². The van der Waals surface area contributed by atoms with Gasteiger partial charge in [-0.3, -0.25) is 0 Å². The quantitative estimate of drug-likeness (QED) is 0.884. The lowest BCUT2D eigenvalue weighted by Gasteiger charge is -2.10. The summed E-state index contributed by atoms with van der Waals surface area (Å²) in [4.78, 5) is 4.05. The van der Waals surface area contributed by atoms with Crippen LogP contribution in [0.25, 0.3) is 10.8 Å². The summed E-state index contributed by atoms with van der Waals surface area (Å²) >= 11 is 12.0. The molecule has 0 saturated carbocycles. The first-order valence-corrected chi connectivity index (χ1v) is 7.81. The first-order chi connectivity index (χ1) is 8.81. The Labute approximate surface area is 121 Å². The summed E-state index contributed by atoms with van der Waals surface area (Å²) in [6, 6.07) is 4.41. The number of fused-ring (bicyclic) bond motifs is 1. The molecule has 1 aromatic carbocycles. The van der Waals surface area contributed by atoms with Crippen LogP contribution in [0.1, 0.15) is 13.8 Å². The van der Waals surface area contributed by atoms with Gasteiger partial charge >= 0.3 is 0 Å². The second-order valence-electron chi connectivity index (χ2n) is 4.38. The van der Waals surface area contributed by atoms with Gasteiger partial charge in [0.25, 0.3) is 0 Å². The number of nitrogens with one attached hydrogen (secondary N) is 1. The number of hydrogen-bond donors (Lipinski definition) is 1. The van der Waals surface area contributed by atoms with E-state index in [4.69, 9.17) is 23.2 Å². The third-order valence-corrected chi connectivity index (χ3v) is 4.72. The van der Waals surface area contributed by atoms with Crippen molar-refractivity contribution in [3.8, 4) is 0 Å². The van der Waals surface area contributed by atoms with Gasteiger partial charge in [0.15, 0.2) is 0 Å². The van der Waals surface area contributed by atoms with Gasteiger partial charge in [0.2, 0.25) is 10.0 Å². The van der Waals surface area contributed by atoms with Crippen LogP contribution in [0.5, 0.6) is 0 Å². The third kappa shape index (κ3) is 3.00. The van der Waals surface area contributed by atoms with E-state index in [0.29, 0.717) is 15.8 Å². The molecular formula is C12H12Cl2N2O2S. The summed E-state index contributed by atoms with van der Waals surface area (Å²) in [6.07, 6.45) is 1.44. The van der Waals surface area contributed by atoms with Crippen LogP contribution in [-0.2, 0) is 10.0 Å². The summed E-state index contributed by atoms with van der Waals surface area (Å²) < 4.78 is 26.7. The van der Waals surface area contributed by atoms with Gasteiger partial charge in [0.05, 0.1) is 9.92 Å². The molecule has 0 atom stereocenters. The summed E-state index contributed by atoms with van der Waals surface area (Å²) in [5.74, 6) is 0. The number of halogens is 2. The number of sulfonamides is 1. The average molecular weight is 319 g/mol. The van der Waals surface area contributed by atoms with Crippen LogP contribution in [0.4, 0.5) is 0 Å². The van der Waals surface area contributed by atoms with Gasteiger partial charge in [-0.05, 0) is 26.0 Å². The van der Waals surface area contributed by atoms with Crippen LogP contribution in [0.2, 0.25) is 10.2 Å². The molecule has 0 amide bonds. The molecule has 0 aliphatic carbocycles. The molecule has 0 radical (unpaired) electrons. The number of nitrogens with zero attached hydrogens (tertiary/aromatic N) is 1. The SMILES string of the molecule is CC(C)NS(=O)(=O)c1ccc2c(Cl)cnc(Cl)c2c1. The fraction of sp³-hybridized carbons (Fsp3) is 0.250. The van der Waals surface area contributed by atoms with Crippen molar-refractivity contribution in [2.45, 2.75) is 24.8 Å². The molecule has 0 fully saturated rings. The predicted octanol–water partition coefficient (Wildman–Crippen LogP) is 3.23. The van der Waals surface area contributed by atoms with Crippen LogP contribution in [-0.4, -0.2) is 19.4 Å². The van der Waals surface area contributed by atoms with E-state index in [1.165, 1.54) is 18.3 Å². The molecule has 1 heterocycles. The maximum atomic E-state index is 12.1. The Morgan fingerprint density at radius 3 is 2.53 bits per heavy atom. The fourth-order valence-corrected chi connectivity index (χ4v) is 3.40. The van der Waals surface area contributed by atoms with Gasteiger partial charge in [0.1, 0.15) is 5.15 Å². The molecule has 1 N–H and O–H groups in total. The lowest BCUT2D eigenvalue weighted by molar-refractivity contribution is 0.570. The normalized spacial score (nSPS) is 12.3. The fourth-order valence-electron chi connectivity index (χ4n) is 1.70. The molecule has 0 saturated heterocycles. The summed E-state index contributed by atoms with van der Waals surface area (Å²) in [5.41, 5.74) is 0. The third-order valence-electron chi connectivity index (χ3n) is 2.46. The topological polar surface area (TPSA) is 59.1 Å². The highest BCUT2D eigenvalue weighted by Crippen LogP contribution is 2.29. The Balaban J connectivity index is 2.63. The van der Waals surface area contributed by atoms with Gasteiger partial charge in [0, 0.05) is 23.0 Å². The zero-order valence-electron chi connectivity index (χ0n) is 10.3. The molecule has 19 heavy (non-hydrogen) atoms. The standard InChI is InChI=1S/C12H12Cl2N2O2S/c1-7(2)16-19(17,18)8-3-4-9-10(5-8)12(14)15-6-11(9)13/h3-7,16H,1-2H3. The molecule has 102 valence electrons. The predicted molar refractivity (Wildman–Crippen MR) is 77.2 cm³/mol. The number of rotatable bonds is 3. The Kier molecular flexibility index (Phi) is 4.01. The lowest BCUT2D eigenvalue weighted by atomic mass is 10.2. The molecule has 0 unspecified atom stereocenters. The van der Waals surface area contributed by atoms with E-state index in [1.54, 1.807) is 19.9 Å². The number of pyridine rings is 1. The first-order valence-electron chi connectivity index (χ1n) is 5.57. The van der Waals surface area contributed by atoms with Gasteiger partial charge in [-0.2, -0.15) is 0 Å². The van der Waals surface area contributed by atoms with E-state index >= 15 is 0 Å². The molecule has 0 bridgehead atoms. The molecule has 2 aromatic rings. The van der Waals surface area contributed by atoms with Crippen LogP contribution in [0, 0.1) is 0 Å². The van der Waals surface area contributed by atoms with Crippen molar-refractivity contribution in [3.05, 3.63) is 34.6 Å². The number of aromatic nitrogens is 1. The molecule has 0 aliphatic rings. The van der Waals surface area contributed by atoms with Crippen LogP contribution in [0.15, 0.2) is 29.3 Å². The maximum absolute atomic E-state index is 12.1. The molecule has 1 aromatic heterocycles. The van der Waals surface area contributed by atoms with E-state index in [1.807, 2.05) is 0 Å². The molecule has 0 spiro atoms. The van der Waals surface area contributed by atoms with Crippen molar-refractivity contribution < 1.29 is 8.42 Å². The minimum Gasteiger partial charge on any atom is -0.242 e. The monoisotopic (exact) mass is 318 g/mol. The zero-order chi connectivity index (χ0) is 14.2. The van der Waals surface area contributed by atoms with E-state index in [0.717, 1.165) is 0 Å². The van der Waals surface area contributed by atoms with Gasteiger partial charge < -0.3 is 0 Å². The Morgan fingerprint density at radius 1 is 1.21 bits per heavy atom. The highest BCUT2D eigenvalue weighted by Gasteiger charge is 2.17. The van der Waals surface area contributed by atoms with Crippen molar-refractivity contribution >= 4 is 44.0 Å². The van der Waals surface area contributed by atoms with E-state index in [9.17, 15) is 8.42 Å². The van der Waals surface area contributed by atoms with Gasteiger partial charge in [-0.25, -0.2) is 18.1 Å². The lowest BCUT2D eigenvalue weighted by Crippen LogP contribution is -2.30. The van der Waals surface area contributed by atoms with E-state index in [-0.39, 0.29) is 16.1 Å². The Hall–Kier alpha value is -0.880. The molecular weight excluding hydrogens is 307 g/mol.